The Labute approximate surface area is 112 Å². The van der Waals surface area contributed by atoms with Gasteiger partial charge in [0.05, 0.1) is 6.54 Å². The molecule has 1 rings (SSSR count). The highest BCUT2D eigenvalue weighted by Gasteiger charge is 2.08. The fourth-order valence-corrected chi connectivity index (χ4v) is 2.26. The molecule has 1 aliphatic heterocycles. The summed E-state index contributed by atoms with van der Waals surface area (Å²) in [5.41, 5.74) is 0. The van der Waals surface area contributed by atoms with E-state index in [0.29, 0.717) is 6.04 Å². The van der Waals surface area contributed by atoms with Gasteiger partial charge in [0.2, 0.25) is 0 Å². The largest absolute Gasteiger partial charge is 0.357 e. The van der Waals surface area contributed by atoms with Crippen LogP contribution < -0.4 is 10.6 Å². The maximum absolute atomic E-state index is 4.63. The van der Waals surface area contributed by atoms with Crippen molar-refractivity contribution in [2.75, 3.05) is 32.7 Å². The average molecular weight is 254 g/mol. The summed E-state index contributed by atoms with van der Waals surface area (Å²) >= 11 is 0. The molecule has 0 amide bonds. The highest BCUT2D eigenvalue weighted by atomic mass is 15.2. The molecule has 1 saturated heterocycles. The van der Waals surface area contributed by atoms with Gasteiger partial charge < -0.3 is 15.5 Å². The van der Waals surface area contributed by atoms with Crippen LogP contribution in [0.1, 0.15) is 46.5 Å². The fraction of sp³-hybridized carbons (Fsp3) is 0.929. The lowest BCUT2D eigenvalue weighted by molar-refractivity contribution is 0.293. The van der Waals surface area contributed by atoms with Gasteiger partial charge in [0.15, 0.2) is 5.96 Å². The molecule has 0 spiro atoms. The molecule has 1 fully saturated rings. The van der Waals surface area contributed by atoms with E-state index in [2.05, 4.69) is 41.3 Å². The Morgan fingerprint density at radius 3 is 2.39 bits per heavy atom. The van der Waals surface area contributed by atoms with Gasteiger partial charge in [-0.2, -0.15) is 0 Å². The minimum atomic E-state index is 0.431. The highest BCUT2D eigenvalue weighted by Crippen LogP contribution is 2.08. The van der Waals surface area contributed by atoms with E-state index < -0.39 is 0 Å². The molecule has 0 saturated carbocycles. The summed E-state index contributed by atoms with van der Waals surface area (Å²) in [6.45, 7) is 11.8. The Balaban J connectivity index is 2.29. The number of likely N-dealkylation sites (tertiary alicyclic amines) is 1. The summed E-state index contributed by atoms with van der Waals surface area (Å²) in [6.07, 6.45) is 5.51. The fourth-order valence-electron chi connectivity index (χ4n) is 2.26. The zero-order valence-electron chi connectivity index (χ0n) is 12.3. The van der Waals surface area contributed by atoms with Gasteiger partial charge in [-0.1, -0.05) is 12.8 Å². The van der Waals surface area contributed by atoms with Crippen LogP contribution in [-0.2, 0) is 0 Å². The normalized spacial score (nSPS) is 18.8. The van der Waals surface area contributed by atoms with Crippen molar-refractivity contribution in [1.29, 1.82) is 0 Å². The van der Waals surface area contributed by atoms with Gasteiger partial charge in [-0.3, -0.25) is 4.99 Å². The molecule has 1 heterocycles. The maximum Gasteiger partial charge on any atom is 0.191 e. The molecule has 0 aromatic rings. The molecular formula is C14H30N4. The van der Waals surface area contributed by atoms with E-state index >= 15 is 0 Å². The SMILES string of the molecule is CCNC(=NCCN1CCCCCC1)NC(C)C. The highest BCUT2D eigenvalue weighted by molar-refractivity contribution is 5.79. The van der Waals surface area contributed by atoms with E-state index in [9.17, 15) is 0 Å². The van der Waals surface area contributed by atoms with Crippen LogP contribution in [0.3, 0.4) is 0 Å². The van der Waals surface area contributed by atoms with Crippen molar-refractivity contribution < 1.29 is 0 Å². The molecule has 106 valence electrons. The van der Waals surface area contributed by atoms with Crippen LogP contribution in [0.4, 0.5) is 0 Å². The van der Waals surface area contributed by atoms with Crippen LogP contribution in [0, 0.1) is 0 Å². The molecule has 0 aromatic heterocycles. The Kier molecular flexibility index (Phi) is 7.81. The van der Waals surface area contributed by atoms with Crippen LogP contribution in [0.25, 0.3) is 0 Å². The zero-order chi connectivity index (χ0) is 13.2. The standard InChI is InChI=1S/C14H30N4/c1-4-15-14(17-13(2)3)16-9-12-18-10-7-5-6-8-11-18/h13H,4-12H2,1-3H3,(H2,15,16,17). The smallest absolute Gasteiger partial charge is 0.191 e. The second kappa shape index (κ2) is 9.20. The van der Waals surface area contributed by atoms with E-state index in [1.807, 2.05) is 0 Å². The average Bonchev–Trinajstić information content (AvgIpc) is 2.57. The molecule has 4 nitrogen and oxygen atoms in total. The summed E-state index contributed by atoms with van der Waals surface area (Å²) in [4.78, 5) is 7.18. The summed E-state index contributed by atoms with van der Waals surface area (Å²) < 4.78 is 0. The summed E-state index contributed by atoms with van der Waals surface area (Å²) in [5.74, 6) is 0.947. The number of guanidine groups is 1. The lowest BCUT2D eigenvalue weighted by Gasteiger charge is -2.19. The Morgan fingerprint density at radius 2 is 1.83 bits per heavy atom. The molecule has 4 heteroatoms. The van der Waals surface area contributed by atoms with Gasteiger partial charge >= 0.3 is 0 Å². The minimum Gasteiger partial charge on any atom is -0.357 e. The van der Waals surface area contributed by atoms with Gasteiger partial charge in [0.1, 0.15) is 0 Å². The van der Waals surface area contributed by atoms with E-state index in [1.54, 1.807) is 0 Å². The van der Waals surface area contributed by atoms with Gasteiger partial charge in [-0.15, -0.1) is 0 Å². The van der Waals surface area contributed by atoms with Gasteiger partial charge in [-0.25, -0.2) is 0 Å². The van der Waals surface area contributed by atoms with Crippen molar-refractivity contribution in [1.82, 2.24) is 15.5 Å². The predicted molar refractivity (Wildman–Crippen MR) is 79.2 cm³/mol. The van der Waals surface area contributed by atoms with Crippen LogP contribution in [0.5, 0.6) is 0 Å². The monoisotopic (exact) mass is 254 g/mol. The zero-order valence-corrected chi connectivity index (χ0v) is 12.3. The summed E-state index contributed by atoms with van der Waals surface area (Å²) in [5, 5.41) is 6.64. The molecule has 1 aliphatic rings. The first-order valence-corrected chi connectivity index (χ1v) is 7.49. The van der Waals surface area contributed by atoms with Crippen LogP contribution in [-0.4, -0.2) is 49.6 Å². The molecule has 0 radical (unpaired) electrons. The van der Waals surface area contributed by atoms with Crippen LogP contribution in [0.2, 0.25) is 0 Å². The van der Waals surface area contributed by atoms with Crippen LogP contribution in [0.15, 0.2) is 4.99 Å². The van der Waals surface area contributed by atoms with E-state index in [-0.39, 0.29) is 0 Å². The first-order valence-electron chi connectivity index (χ1n) is 7.49. The lowest BCUT2D eigenvalue weighted by atomic mass is 10.2. The molecule has 0 aliphatic carbocycles. The topological polar surface area (TPSA) is 39.7 Å². The van der Waals surface area contributed by atoms with Crippen molar-refractivity contribution in [3.63, 3.8) is 0 Å². The number of aliphatic imine (C=N–C) groups is 1. The minimum absolute atomic E-state index is 0.431. The van der Waals surface area contributed by atoms with E-state index in [4.69, 9.17) is 0 Å². The number of rotatable bonds is 5. The van der Waals surface area contributed by atoms with Gasteiger partial charge in [0, 0.05) is 19.1 Å². The van der Waals surface area contributed by atoms with Crippen molar-refractivity contribution >= 4 is 5.96 Å². The summed E-state index contributed by atoms with van der Waals surface area (Å²) in [6, 6.07) is 0.431. The van der Waals surface area contributed by atoms with Gasteiger partial charge in [-0.05, 0) is 46.7 Å². The van der Waals surface area contributed by atoms with Crippen molar-refractivity contribution in [3.05, 3.63) is 0 Å². The second-order valence-electron chi connectivity index (χ2n) is 5.32. The van der Waals surface area contributed by atoms with E-state index in [0.717, 1.165) is 25.6 Å². The number of nitrogens with one attached hydrogen (secondary N) is 2. The maximum atomic E-state index is 4.63. The quantitative estimate of drug-likeness (QED) is 0.581. The molecule has 0 unspecified atom stereocenters. The molecule has 2 N–H and O–H groups in total. The van der Waals surface area contributed by atoms with Crippen molar-refractivity contribution in [3.8, 4) is 0 Å². The molecule has 18 heavy (non-hydrogen) atoms. The number of nitrogens with zero attached hydrogens (tertiary/aromatic N) is 2. The first-order chi connectivity index (χ1) is 8.72. The Hall–Kier alpha value is -0.770. The third-order valence-electron chi connectivity index (χ3n) is 3.15. The second-order valence-corrected chi connectivity index (χ2v) is 5.32. The first kappa shape index (κ1) is 15.3. The van der Waals surface area contributed by atoms with Crippen LogP contribution >= 0.6 is 0 Å². The van der Waals surface area contributed by atoms with E-state index in [1.165, 1.54) is 38.8 Å². The summed E-state index contributed by atoms with van der Waals surface area (Å²) in [7, 11) is 0. The molecule has 0 aromatic carbocycles. The lowest BCUT2D eigenvalue weighted by Crippen LogP contribution is -2.41. The third-order valence-corrected chi connectivity index (χ3v) is 3.15. The predicted octanol–water partition coefficient (Wildman–Crippen LogP) is 1.83. The molecule has 0 bridgehead atoms. The Bertz CT molecular complexity index is 230. The van der Waals surface area contributed by atoms with Gasteiger partial charge in [0.25, 0.3) is 0 Å². The molecule has 0 atom stereocenters. The number of hydrogen-bond donors (Lipinski definition) is 2. The Morgan fingerprint density at radius 1 is 1.17 bits per heavy atom. The number of hydrogen-bond acceptors (Lipinski definition) is 2. The molecular weight excluding hydrogens is 224 g/mol. The van der Waals surface area contributed by atoms with Crippen molar-refractivity contribution in [2.45, 2.75) is 52.5 Å². The van der Waals surface area contributed by atoms with Crippen molar-refractivity contribution in [2.24, 2.45) is 4.99 Å². The third kappa shape index (κ3) is 6.84.